The molecule has 0 unspecified atom stereocenters. The van der Waals surface area contributed by atoms with Crippen LogP contribution in [-0.2, 0) is 19.6 Å². The minimum Gasteiger partial charge on any atom is -0.308 e. The van der Waals surface area contributed by atoms with Crippen LogP contribution in [0.4, 0.5) is 0 Å². The van der Waals surface area contributed by atoms with Gasteiger partial charge in [-0.05, 0) is 34.1 Å². The zero-order valence-corrected chi connectivity index (χ0v) is 13.7. The Labute approximate surface area is 126 Å². The Balaban J connectivity index is 2.06. The van der Waals surface area contributed by atoms with E-state index in [1.165, 1.54) is 5.56 Å². The van der Waals surface area contributed by atoms with Gasteiger partial charge >= 0.3 is 0 Å². The van der Waals surface area contributed by atoms with E-state index in [9.17, 15) is 0 Å². The molecule has 2 rings (SSSR count). The van der Waals surface area contributed by atoms with Crippen molar-refractivity contribution in [1.29, 1.82) is 0 Å². The lowest BCUT2D eigenvalue weighted by Gasteiger charge is -2.20. The highest BCUT2D eigenvalue weighted by molar-refractivity contribution is 5.15. The summed E-state index contributed by atoms with van der Waals surface area (Å²) in [5, 5.41) is 12.3. The Hall–Kier alpha value is -1.69. The molecule has 0 aliphatic rings. The third kappa shape index (κ3) is 4.39. The van der Waals surface area contributed by atoms with Crippen molar-refractivity contribution in [3.63, 3.8) is 0 Å². The summed E-state index contributed by atoms with van der Waals surface area (Å²) in [4.78, 5) is 4.33. The SMILES string of the molecule is CCCn1ncnc1Cn1cc(CNC(C)(C)C)c(C)n1. The molecule has 0 bridgehead atoms. The number of nitrogens with zero attached hydrogens (tertiary/aromatic N) is 5. The summed E-state index contributed by atoms with van der Waals surface area (Å²) < 4.78 is 3.90. The maximum atomic E-state index is 4.58. The van der Waals surface area contributed by atoms with E-state index in [0.717, 1.165) is 31.0 Å². The summed E-state index contributed by atoms with van der Waals surface area (Å²) in [6.45, 7) is 13.1. The van der Waals surface area contributed by atoms with Gasteiger partial charge in [-0.1, -0.05) is 6.92 Å². The van der Waals surface area contributed by atoms with Gasteiger partial charge in [0.1, 0.15) is 18.7 Å². The van der Waals surface area contributed by atoms with E-state index in [0.29, 0.717) is 6.54 Å². The molecule has 0 spiro atoms. The van der Waals surface area contributed by atoms with Crippen LogP contribution in [-0.4, -0.2) is 30.1 Å². The van der Waals surface area contributed by atoms with Gasteiger partial charge in [-0.3, -0.25) is 4.68 Å². The second-order valence-corrected chi connectivity index (χ2v) is 6.44. The number of hydrogen-bond acceptors (Lipinski definition) is 4. The monoisotopic (exact) mass is 290 g/mol. The van der Waals surface area contributed by atoms with Gasteiger partial charge in [0.2, 0.25) is 0 Å². The first-order chi connectivity index (χ1) is 9.89. The van der Waals surface area contributed by atoms with Crippen molar-refractivity contribution in [3.8, 4) is 0 Å². The number of hydrogen-bond donors (Lipinski definition) is 1. The van der Waals surface area contributed by atoms with E-state index in [1.807, 2.05) is 16.3 Å². The van der Waals surface area contributed by atoms with Crippen LogP contribution in [0, 0.1) is 6.92 Å². The Morgan fingerprint density at radius 2 is 2.05 bits per heavy atom. The lowest BCUT2D eigenvalue weighted by molar-refractivity contribution is 0.423. The molecular formula is C15H26N6. The molecule has 2 aromatic rings. The van der Waals surface area contributed by atoms with Crippen LogP contribution in [0.15, 0.2) is 12.5 Å². The molecule has 0 fully saturated rings. The molecule has 2 heterocycles. The van der Waals surface area contributed by atoms with E-state index in [1.54, 1.807) is 6.33 Å². The molecule has 0 saturated carbocycles. The minimum absolute atomic E-state index is 0.107. The van der Waals surface area contributed by atoms with Crippen LogP contribution in [0.1, 0.15) is 51.2 Å². The molecule has 0 radical (unpaired) electrons. The Morgan fingerprint density at radius 1 is 1.29 bits per heavy atom. The third-order valence-corrected chi connectivity index (χ3v) is 3.29. The van der Waals surface area contributed by atoms with Gasteiger partial charge < -0.3 is 5.32 Å². The maximum Gasteiger partial charge on any atom is 0.148 e. The summed E-state index contributed by atoms with van der Waals surface area (Å²) in [5.74, 6) is 0.953. The van der Waals surface area contributed by atoms with Gasteiger partial charge in [-0.15, -0.1) is 0 Å². The molecule has 1 N–H and O–H groups in total. The summed E-state index contributed by atoms with van der Waals surface area (Å²) in [7, 11) is 0. The van der Waals surface area contributed by atoms with E-state index < -0.39 is 0 Å². The van der Waals surface area contributed by atoms with Crippen molar-refractivity contribution in [3.05, 3.63) is 29.6 Å². The van der Waals surface area contributed by atoms with Crippen molar-refractivity contribution in [2.24, 2.45) is 0 Å². The van der Waals surface area contributed by atoms with Crippen molar-refractivity contribution in [2.75, 3.05) is 0 Å². The molecule has 0 aliphatic carbocycles. The fraction of sp³-hybridized carbons (Fsp3) is 0.667. The Kier molecular flexibility index (Phi) is 4.77. The first-order valence-electron chi connectivity index (χ1n) is 7.53. The molecule has 116 valence electrons. The highest BCUT2D eigenvalue weighted by Gasteiger charge is 2.12. The summed E-state index contributed by atoms with van der Waals surface area (Å²) in [6.07, 6.45) is 4.76. The normalized spacial score (nSPS) is 12.0. The van der Waals surface area contributed by atoms with Crippen molar-refractivity contribution >= 4 is 0 Å². The quantitative estimate of drug-likeness (QED) is 0.885. The highest BCUT2D eigenvalue weighted by Crippen LogP contribution is 2.10. The highest BCUT2D eigenvalue weighted by atomic mass is 15.4. The topological polar surface area (TPSA) is 60.6 Å². The van der Waals surface area contributed by atoms with E-state index in [4.69, 9.17) is 0 Å². The molecule has 6 nitrogen and oxygen atoms in total. The van der Waals surface area contributed by atoms with Crippen molar-refractivity contribution in [1.82, 2.24) is 29.9 Å². The predicted molar refractivity (Wildman–Crippen MR) is 83.0 cm³/mol. The molecule has 6 heteroatoms. The molecule has 0 aromatic carbocycles. The maximum absolute atomic E-state index is 4.58. The Bertz CT molecular complexity index is 575. The lowest BCUT2D eigenvalue weighted by atomic mass is 10.1. The molecule has 0 saturated heterocycles. The van der Waals surface area contributed by atoms with Gasteiger partial charge in [0.15, 0.2) is 0 Å². The first kappa shape index (κ1) is 15.7. The fourth-order valence-electron chi connectivity index (χ4n) is 2.13. The molecule has 0 amide bonds. The van der Waals surface area contributed by atoms with Crippen molar-refractivity contribution in [2.45, 2.75) is 66.2 Å². The number of aromatic nitrogens is 5. The Morgan fingerprint density at radius 3 is 2.71 bits per heavy atom. The van der Waals surface area contributed by atoms with E-state index in [-0.39, 0.29) is 5.54 Å². The average molecular weight is 290 g/mol. The molecular weight excluding hydrogens is 264 g/mol. The second-order valence-electron chi connectivity index (χ2n) is 6.44. The van der Waals surface area contributed by atoms with Crippen LogP contribution in [0.5, 0.6) is 0 Å². The smallest absolute Gasteiger partial charge is 0.148 e. The number of nitrogens with one attached hydrogen (secondary N) is 1. The molecule has 2 aromatic heterocycles. The third-order valence-electron chi connectivity index (χ3n) is 3.29. The number of rotatable bonds is 6. The molecule has 0 atom stereocenters. The summed E-state index contributed by atoms with van der Waals surface area (Å²) >= 11 is 0. The van der Waals surface area contributed by atoms with Gasteiger partial charge in [-0.25, -0.2) is 9.67 Å². The fourth-order valence-corrected chi connectivity index (χ4v) is 2.13. The van der Waals surface area contributed by atoms with Gasteiger partial charge in [0.05, 0.1) is 5.69 Å². The van der Waals surface area contributed by atoms with Crippen LogP contribution in [0.25, 0.3) is 0 Å². The van der Waals surface area contributed by atoms with Crippen LogP contribution in [0.2, 0.25) is 0 Å². The van der Waals surface area contributed by atoms with Crippen LogP contribution >= 0.6 is 0 Å². The van der Waals surface area contributed by atoms with Crippen molar-refractivity contribution < 1.29 is 0 Å². The van der Waals surface area contributed by atoms with Gasteiger partial charge in [-0.2, -0.15) is 10.2 Å². The zero-order valence-electron chi connectivity index (χ0n) is 13.7. The van der Waals surface area contributed by atoms with Gasteiger partial charge in [0.25, 0.3) is 0 Å². The molecule has 0 aliphatic heterocycles. The zero-order chi connectivity index (χ0) is 15.5. The van der Waals surface area contributed by atoms with Gasteiger partial charge in [0, 0.05) is 30.4 Å². The summed E-state index contributed by atoms with van der Waals surface area (Å²) in [5.41, 5.74) is 2.40. The first-order valence-corrected chi connectivity index (χ1v) is 7.53. The predicted octanol–water partition coefficient (Wildman–Crippen LogP) is 2.13. The average Bonchev–Trinajstić information content (AvgIpc) is 2.95. The number of aryl methyl sites for hydroxylation is 2. The minimum atomic E-state index is 0.107. The van der Waals surface area contributed by atoms with E-state index in [2.05, 4.69) is 54.4 Å². The summed E-state index contributed by atoms with van der Waals surface area (Å²) in [6, 6.07) is 0. The largest absolute Gasteiger partial charge is 0.308 e. The van der Waals surface area contributed by atoms with E-state index >= 15 is 0 Å². The lowest BCUT2D eigenvalue weighted by Crippen LogP contribution is -2.35. The van der Waals surface area contributed by atoms with Crippen LogP contribution < -0.4 is 5.32 Å². The van der Waals surface area contributed by atoms with Crippen LogP contribution in [0.3, 0.4) is 0 Å². The molecule has 21 heavy (non-hydrogen) atoms. The second kappa shape index (κ2) is 6.39. The standard InChI is InChI=1S/C15H26N6/c1-6-7-21-14(16-11-18-21)10-20-9-13(12(2)19-20)8-17-15(3,4)5/h9,11,17H,6-8,10H2,1-5H3.